The first-order valence-electron chi connectivity index (χ1n) is 8.81. The van der Waals surface area contributed by atoms with Crippen LogP contribution in [0.5, 0.6) is 0 Å². The summed E-state index contributed by atoms with van der Waals surface area (Å²) in [7, 11) is 0. The Hall–Kier alpha value is -0.500. The molecule has 3 aliphatic rings. The molecule has 2 N–H and O–H groups in total. The lowest BCUT2D eigenvalue weighted by molar-refractivity contribution is -0.375. The second kappa shape index (κ2) is 5.50. The molecule has 0 aromatic rings. The highest BCUT2D eigenvalue weighted by molar-refractivity contribution is 5.14. The molecule has 2 nitrogen and oxygen atoms in total. The van der Waals surface area contributed by atoms with Gasteiger partial charge in [-0.2, -0.15) is 26.3 Å². The van der Waals surface area contributed by atoms with Crippen LogP contribution in [0.1, 0.15) is 58.3 Å². The zero-order valence-corrected chi connectivity index (χ0v) is 14.1. The molecule has 8 heteroatoms. The Morgan fingerprint density at radius 2 is 1.48 bits per heavy atom. The van der Waals surface area contributed by atoms with E-state index >= 15 is 0 Å². The van der Waals surface area contributed by atoms with E-state index in [2.05, 4.69) is 0 Å². The van der Waals surface area contributed by atoms with Crippen LogP contribution in [0.2, 0.25) is 0 Å². The minimum atomic E-state index is -5.76. The highest BCUT2D eigenvalue weighted by Crippen LogP contribution is 2.71. The van der Waals surface area contributed by atoms with Crippen LogP contribution >= 0.6 is 0 Å². The largest absolute Gasteiger partial charge is 0.426 e. The van der Waals surface area contributed by atoms with Crippen molar-refractivity contribution in [1.29, 1.82) is 0 Å². The molecule has 0 aliphatic heterocycles. The number of alkyl halides is 6. The van der Waals surface area contributed by atoms with E-state index < -0.39 is 41.3 Å². The lowest BCUT2D eigenvalue weighted by Crippen LogP contribution is -2.59. The molecule has 3 saturated carbocycles. The van der Waals surface area contributed by atoms with E-state index in [9.17, 15) is 36.6 Å². The fraction of sp³-hybridized carbons (Fsp3) is 1.00. The second-order valence-electron chi connectivity index (χ2n) is 8.60. The van der Waals surface area contributed by atoms with E-state index in [1.54, 1.807) is 0 Å². The molecular weight excluding hydrogens is 350 g/mol. The quantitative estimate of drug-likeness (QED) is 0.710. The molecule has 3 aliphatic carbocycles. The number of hydrogen-bond donors (Lipinski definition) is 2. The predicted molar refractivity (Wildman–Crippen MR) is 77.5 cm³/mol. The van der Waals surface area contributed by atoms with Gasteiger partial charge in [-0.15, -0.1) is 0 Å². The Balaban J connectivity index is 1.90. The average molecular weight is 374 g/mol. The van der Waals surface area contributed by atoms with Gasteiger partial charge in [-0.25, -0.2) is 0 Å². The molecule has 0 bridgehead atoms. The van der Waals surface area contributed by atoms with Gasteiger partial charge in [0.05, 0.1) is 6.10 Å². The van der Waals surface area contributed by atoms with E-state index in [1.165, 1.54) is 0 Å². The van der Waals surface area contributed by atoms with Gasteiger partial charge in [-0.05, 0) is 61.2 Å². The highest BCUT2D eigenvalue weighted by atomic mass is 19.4. The molecule has 3 fully saturated rings. The fourth-order valence-corrected chi connectivity index (χ4v) is 5.83. The second-order valence-corrected chi connectivity index (χ2v) is 8.60. The Bertz CT molecular complexity index is 510. The van der Waals surface area contributed by atoms with Gasteiger partial charge in [0.2, 0.25) is 0 Å². The van der Waals surface area contributed by atoms with Crippen LogP contribution in [-0.4, -0.2) is 34.3 Å². The van der Waals surface area contributed by atoms with Gasteiger partial charge in [0, 0.05) is 6.42 Å². The summed E-state index contributed by atoms with van der Waals surface area (Å²) in [5.41, 5.74) is -6.26. The molecule has 0 saturated heterocycles. The van der Waals surface area contributed by atoms with Gasteiger partial charge < -0.3 is 10.2 Å². The monoisotopic (exact) mass is 374 g/mol. The zero-order chi connectivity index (χ0) is 18.9. The predicted octanol–water partition coefficient (Wildman–Crippen LogP) is 4.59. The van der Waals surface area contributed by atoms with Crippen molar-refractivity contribution >= 4 is 0 Å². The van der Waals surface area contributed by atoms with Crippen molar-refractivity contribution in [2.45, 2.75) is 82.3 Å². The molecule has 3 rings (SSSR count). The van der Waals surface area contributed by atoms with Crippen molar-refractivity contribution in [2.75, 3.05) is 0 Å². The summed E-state index contributed by atoms with van der Waals surface area (Å²) in [6.07, 6.45) is -9.63. The van der Waals surface area contributed by atoms with Gasteiger partial charge in [0.1, 0.15) is 0 Å². The number of rotatable bonds is 3. The van der Waals surface area contributed by atoms with Crippen LogP contribution in [-0.2, 0) is 0 Å². The molecule has 0 spiro atoms. The molecule has 1 unspecified atom stereocenters. The third-order valence-electron chi connectivity index (χ3n) is 7.27. The topological polar surface area (TPSA) is 40.5 Å². The SMILES string of the molecule is C[C@]12CCC[C@H](O)C1CC[C@@H]2C1(CC(O)(C(F)(F)F)C(F)(F)F)CC1. The van der Waals surface area contributed by atoms with Gasteiger partial charge in [0.25, 0.3) is 5.60 Å². The lowest BCUT2D eigenvalue weighted by atomic mass is 9.59. The highest BCUT2D eigenvalue weighted by Gasteiger charge is 2.75. The first kappa shape index (κ1) is 19.3. The van der Waals surface area contributed by atoms with E-state index in [0.29, 0.717) is 25.7 Å². The molecule has 0 aromatic carbocycles. The van der Waals surface area contributed by atoms with Crippen molar-refractivity contribution in [2.24, 2.45) is 22.7 Å². The van der Waals surface area contributed by atoms with Gasteiger partial charge >= 0.3 is 12.4 Å². The van der Waals surface area contributed by atoms with Crippen molar-refractivity contribution in [3.8, 4) is 0 Å². The Kier molecular flexibility index (Phi) is 4.24. The number of aliphatic hydroxyl groups excluding tert-OH is 1. The third kappa shape index (κ3) is 2.78. The Labute approximate surface area is 142 Å². The van der Waals surface area contributed by atoms with Crippen molar-refractivity contribution in [3.05, 3.63) is 0 Å². The van der Waals surface area contributed by atoms with Crippen LogP contribution in [0.3, 0.4) is 0 Å². The van der Waals surface area contributed by atoms with Gasteiger partial charge in [0.15, 0.2) is 0 Å². The normalized spacial score (nSPS) is 38.5. The third-order valence-corrected chi connectivity index (χ3v) is 7.27. The minimum Gasteiger partial charge on any atom is -0.393 e. The zero-order valence-electron chi connectivity index (χ0n) is 14.1. The first-order valence-corrected chi connectivity index (χ1v) is 8.81. The summed E-state index contributed by atoms with van der Waals surface area (Å²) in [5, 5.41) is 19.9. The first-order chi connectivity index (χ1) is 11.3. The van der Waals surface area contributed by atoms with Crippen molar-refractivity contribution in [3.63, 3.8) is 0 Å². The average Bonchev–Trinajstić information content (AvgIpc) is 3.10. The Morgan fingerprint density at radius 3 is 1.96 bits per heavy atom. The maximum Gasteiger partial charge on any atom is 0.426 e. The minimum absolute atomic E-state index is 0.0754. The fourth-order valence-electron chi connectivity index (χ4n) is 5.83. The molecule has 4 atom stereocenters. The van der Waals surface area contributed by atoms with E-state index in [-0.39, 0.29) is 24.7 Å². The molecule has 0 aromatic heterocycles. The van der Waals surface area contributed by atoms with Crippen LogP contribution in [0.15, 0.2) is 0 Å². The Morgan fingerprint density at radius 1 is 0.920 bits per heavy atom. The van der Waals surface area contributed by atoms with Crippen LogP contribution < -0.4 is 0 Å². The standard InChI is InChI=1S/C17H24F6O2/c1-13-6-2-3-11(24)10(13)4-5-12(13)14(7-8-14)9-15(25,16(18,19)20)17(21,22)23/h10-12,24-25H,2-9H2,1H3/t10?,11-,12-,13-/m0/s1. The number of fused-ring (bicyclic) bond motifs is 1. The molecular formula is C17H24F6O2. The number of aliphatic hydroxyl groups is 2. The van der Waals surface area contributed by atoms with Crippen LogP contribution in [0.4, 0.5) is 26.3 Å². The summed E-state index contributed by atoms with van der Waals surface area (Å²) in [6.45, 7) is 1.90. The van der Waals surface area contributed by atoms with E-state index in [0.717, 1.165) is 6.42 Å². The molecule has 25 heavy (non-hydrogen) atoms. The van der Waals surface area contributed by atoms with Crippen LogP contribution in [0.25, 0.3) is 0 Å². The van der Waals surface area contributed by atoms with Crippen molar-refractivity contribution in [1.82, 2.24) is 0 Å². The summed E-state index contributed by atoms with van der Waals surface area (Å²) >= 11 is 0. The van der Waals surface area contributed by atoms with Gasteiger partial charge in [-0.1, -0.05) is 13.3 Å². The lowest BCUT2D eigenvalue weighted by Gasteiger charge is -2.47. The maximum absolute atomic E-state index is 13.1. The molecule has 0 heterocycles. The van der Waals surface area contributed by atoms with Crippen molar-refractivity contribution < 1.29 is 36.6 Å². The number of halogens is 6. The van der Waals surface area contributed by atoms with Crippen LogP contribution in [0, 0.1) is 22.7 Å². The summed E-state index contributed by atoms with van der Waals surface area (Å²) in [5.74, 6) is -0.398. The summed E-state index contributed by atoms with van der Waals surface area (Å²) in [4.78, 5) is 0. The summed E-state index contributed by atoms with van der Waals surface area (Å²) in [6, 6.07) is 0. The molecule has 146 valence electrons. The molecule has 0 amide bonds. The van der Waals surface area contributed by atoms with E-state index in [1.807, 2.05) is 6.92 Å². The van der Waals surface area contributed by atoms with E-state index in [4.69, 9.17) is 0 Å². The number of hydrogen-bond acceptors (Lipinski definition) is 2. The smallest absolute Gasteiger partial charge is 0.393 e. The van der Waals surface area contributed by atoms with Gasteiger partial charge in [-0.3, -0.25) is 0 Å². The molecule has 0 radical (unpaired) electrons. The summed E-state index contributed by atoms with van der Waals surface area (Å²) < 4.78 is 78.8. The maximum atomic E-state index is 13.1.